The molecule has 0 fully saturated rings. The van der Waals surface area contributed by atoms with Crippen LogP contribution in [0.25, 0.3) is 6.08 Å². The molecule has 0 aliphatic heterocycles. The molecule has 0 N–H and O–H groups in total. The van der Waals surface area contributed by atoms with Gasteiger partial charge in [-0.15, -0.1) is 5.73 Å². The third-order valence-electron chi connectivity index (χ3n) is 1.60. The van der Waals surface area contributed by atoms with Crippen LogP contribution in [0.4, 0.5) is 0 Å². The maximum atomic E-state index is 3.15. The lowest BCUT2D eigenvalue weighted by molar-refractivity contribution is 0.960. The largest absolute Gasteiger partial charge is 0.125 e. The molecule has 1 aromatic rings. The Bertz CT molecular complexity index is 263. The molecule has 0 heteroatoms. The Hall–Kier alpha value is -1.26. The van der Waals surface area contributed by atoms with E-state index in [-0.39, 0.29) is 0 Å². The molecular formula is C12H14. The average Bonchev–Trinajstić information content (AvgIpc) is 2.14. The summed E-state index contributed by atoms with van der Waals surface area (Å²) in [7, 11) is 0. The number of hydrogen-bond acceptors (Lipinski definition) is 0. The molecule has 0 atom stereocenters. The van der Waals surface area contributed by atoms with Crippen LogP contribution in [0.5, 0.6) is 0 Å². The highest BCUT2D eigenvalue weighted by Gasteiger charge is 1.78. The molecular weight excluding hydrogens is 144 g/mol. The summed E-state index contributed by atoms with van der Waals surface area (Å²) in [5.41, 5.74) is 4.37. The van der Waals surface area contributed by atoms with Gasteiger partial charge in [0.1, 0.15) is 0 Å². The van der Waals surface area contributed by atoms with Crippen LogP contribution in [0.1, 0.15) is 25.3 Å². The normalized spacial score (nSPS) is 8.75. The minimum absolute atomic E-state index is 1.11. The van der Waals surface area contributed by atoms with Crippen LogP contribution < -0.4 is 0 Å². The number of hydrogen-bond donors (Lipinski definition) is 0. The molecule has 1 aromatic carbocycles. The van der Waals surface area contributed by atoms with Gasteiger partial charge in [0.15, 0.2) is 0 Å². The van der Waals surface area contributed by atoms with Crippen molar-refractivity contribution in [2.24, 2.45) is 0 Å². The van der Waals surface area contributed by atoms with Crippen LogP contribution in [-0.4, -0.2) is 0 Å². The lowest BCUT2D eigenvalue weighted by Crippen LogP contribution is -1.65. The quantitative estimate of drug-likeness (QED) is 0.589. The summed E-state index contributed by atoms with van der Waals surface area (Å²) in [5, 5.41) is 0. The fraction of sp³-hybridized carbons (Fsp3) is 0.250. The Balaban J connectivity index is 2.57. The highest BCUT2D eigenvalue weighted by Crippen LogP contribution is 1.99. The van der Waals surface area contributed by atoms with Gasteiger partial charge in [0, 0.05) is 0 Å². The molecule has 0 unspecified atom stereocenters. The second-order valence-electron chi connectivity index (χ2n) is 2.71. The topological polar surface area (TPSA) is 0 Å². The van der Waals surface area contributed by atoms with Crippen molar-refractivity contribution >= 4 is 6.08 Å². The van der Waals surface area contributed by atoms with Crippen LogP contribution in [-0.2, 0) is 0 Å². The zero-order chi connectivity index (χ0) is 8.65. The summed E-state index contributed by atoms with van der Waals surface area (Å²) in [6.07, 6.45) is 6.39. The van der Waals surface area contributed by atoms with Crippen LogP contribution >= 0.6 is 0 Å². The summed E-state index contributed by atoms with van der Waals surface area (Å²) < 4.78 is 0. The van der Waals surface area contributed by atoms with E-state index in [1.165, 1.54) is 12.0 Å². The van der Waals surface area contributed by atoms with Crippen molar-refractivity contribution in [3.8, 4) is 0 Å². The SMILES string of the molecule is CCCC=C=Cc1ccccc1. The highest BCUT2D eigenvalue weighted by molar-refractivity contribution is 5.47. The van der Waals surface area contributed by atoms with Crippen molar-refractivity contribution in [2.45, 2.75) is 19.8 Å². The molecule has 0 nitrogen and oxygen atoms in total. The molecule has 0 saturated heterocycles. The predicted molar refractivity (Wildman–Crippen MR) is 53.9 cm³/mol. The Morgan fingerprint density at radius 1 is 1.25 bits per heavy atom. The average molecular weight is 158 g/mol. The van der Waals surface area contributed by atoms with E-state index in [0.717, 1.165) is 6.42 Å². The zero-order valence-electron chi connectivity index (χ0n) is 7.46. The lowest BCUT2D eigenvalue weighted by Gasteiger charge is -1.86. The van der Waals surface area contributed by atoms with Crippen molar-refractivity contribution < 1.29 is 0 Å². The smallest absolute Gasteiger partial charge is 0.0131 e. The number of unbranched alkanes of at least 4 members (excludes halogenated alkanes) is 1. The zero-order valence-corrected chi connectivity index (χ0v) is 7.46. The summed E-state index contributed by atoms with van der Waals surface area (Å²) in [5.74, 6) is 0. The van der Waals surface area contributed by atoms with Gasteiger partial charge in [-0.1, -0.05) is 43.7 Å². The van der Waals surface area contributed by atoms with Gasteiger partial charge in [0.2, 0.25) is 0 Å². The summed E-state index contributed by atoms with van der Waals surface area (Å²) >= 11 is 0. The summed E-state index contributed by atoms with van der Waals surface area (Å²) in [6, 6.07) is 10.2. The van der Waals surface area contributed by atoms with Crippen LogP contribution in [0.2, 0.25) is 0 Å². The summed E-state index contributed by atoms with van der Waals surface area (Å²) in [6.45, 7) is 2.17. The van der Waals surface area contributed by atoms with Crippen molar-refractivity contribution in [1.82, 2.24) is 0 Å². The maximum absolute atomic E-state index is 3.15. The Labute approximate surface area is 74.2 Å². The van der Waals surface area contributed by atoms with E-state index in [1.54, 1.807) is 0 Å². The molecule has 62 valence electrons. The third kappa shape index (κ3) is 3.23. The molecule has 1 rings (SSSR count). The molecule has 0 radical (unpaired) electrons. The summed E-state index contributed by atoms with van der Waals surface area (Å²) in [4.78, 5) is 0. The number of rotatable bonds is 3. The molecule has 0 aliphatic carbocycles. The predicted octanol–water partition coefficient (Wildman–Crippen LogP) is 3.66. The van der Waals surface area contributed by atoms with Gasteiger partial charge in [-0.3, -0.25) is 0 Å². The molecule has 0 amide bonds. The van der Waals surface area contributed by atoms with Crippen LogP contribution in [0.15, 0.2) is 42.1 Å². The van der Waals surface area contributed by atoms with Gasteiger partial charge >= 0.3 is 0 Å². The minimum Gasteiger partial charge on any atom is -0.125 e. The van der Waals surface area contributed by atoms with E-state index < -0.39 is 0 Å². The second kappa shape index (κ2) is 5.40. The minimum atomic E-state index is 1.11. The fourth-order valence-electron chi connectivity index (χ4n) is 0.932. The Kier molecular flexibility index (Phi) is 3.97. The first-order valence-electron chi connectivity index (χ1n) is 4.39. The van der Waals surface area contributed by atoms with Gasteiger partial charge in [-0.25, -0.2) is 0 Å². The van der Waals surface area contributed by atoms with Gasteiger partial charge < -0.3 is 0 Å². The van der Waals surface area contributed by atoms with Crippen molar-refractivity contribution in [1.29, 1.82) is 0 Å². The Morgan fingerprint density at radius 2 is 2.00 bits per heavy atom. The van der Waals surface area contributed by atoms with E-state index in [9.17, 15) is 0 Å². The molecule has 0 saturated carbocycles. The second-order valence-corrected chi connectivity index (χ2v) is 2.71. The van der Waals surface area contributed by atoms with E-state index in [0.29, 0.717) is 0 Å². The van der Waals surface area contributed by atoms with Gasteiger partial charge in [0.05, 0.1) is 0 Å². The van der Waals surface area contributed by atoms with Gasteiger partial charge in [-0.2, -0.15) is 0 Å². The molecule has 0 spiro atoms. The van der Waals surface area contributed by atoms with Crippen molar-refractivity contribution in [3.05, 3.63) is 47.7 Å². The third-order valence-corrected chi connectivity index (χ3v) is 1.60. The van der Waals surface area contributed by atoms with Gasteiger partial charge in [-0.05, 0) is 24.1 Å². The van der Waals surface area contributed by atoms with Crippen molar-refractivity contribution in [3.63, 3.8) is 0 Å². The molecule has 0 heterocycles. The van der Waals surface area contributed by atoms with Gasteiger partial charge in [0.25, 0.3) is 0 Å². The molecule has 12 heavy (non-hydrogen) atoms. The first-order chi connectivity index (χ1) is 5.93. The highest BCUT2D eigenvalue weighted by atomic mass is 13.8. The maximum Gasteiger partial charge on any atom is -0.0131 e. The van der Waals surface area contributed by atoms with E-state index >= 15 is 0 Å². The van der Waals surface area contributed by atoms with Crippen LogP contribution in [0.3, 0.4) is 0 Å². The van der Waals surface area contributed by atoms with Crippen LogP contribution in [0, 0.1) is 0 Å². The first kappa shape index (κ1) is 8.83. The van der Waals surface area contributed by atoms with E-state index in [4.69, 9.17) is 0 Å². The molecule has 0 bridgehead atoms. The van der Waals surface area contributed by atoms with E-state index in [2.05, 4.69) is 30.9 Å². The first-order valence-corrected chi connectivity index (χ1v) is 4.39. The number of benzene rings is 1. The van der Waals surface area contributed by atoms with Crippen molar-refractivity contribution in [2.75, 3.05) is 0 Å². The molecule has 0 aliphatic rings. The number of allylic oxidation sites excluding steroid dienone is 1. The van der Waals surface area contributed by atoms with E-state index in [1.807, 2.05) is 24.3 Å². The lowest BCUT2D eigenvalue weighted by atomic mass is 10.2. The Morgan fingerprint density at radius 3 is 2.67 bits per heavy atom. The monoisotopic (exact) mass is 158 g/mol. The standard InChI is InChI=1S/C12H14/c1-2-3-4-6-9-12-10-7-5-8-11-12/h4-5,7-11H,2-3H2,1H3. The fourth-order valence-corrected chi connectivity index (χ4v) is 0.932. The molecule has 0 aromatic heterocycles.